The third-order valence-electron chi connectivity index (χ3n) is 2.92. The van der Waals surface area contributed by atoms with Crippen LogP contribution in [0.2, 0.25) is 0 Å². The summed E-state index contributed by atoms with van der Waals surface area (Å²) in [7, 11) is 0. The highest BCUT2D eigenvalue weighted by Gasteiger charge is 2.07. The fourth-order valence-corrected chi connectivity index (χ4v) is 2.01. The van der Waals surface area contributed by atoms with Crippen LogP contribution in [0.1, 0.15) is 36.0 Å². The predicted octanol–water partition coefficient (Wildman–Crippen LogP) is 1.85. The first kappa shape index (κ1) is 17.7. The Morgan fingerprint density at radius 3 is 2.33 bits per heavy atom. The topological polar surface area (TPSA) is 78.4 Å². The molecule has 116 valence electrons. The maximum absolute atomic E-state index is 11.8. The van der Waals surface area contributed by atoms with Gasteiger partial charge < -0.3 is 15.7 Å². The second kappa shape index (κ2) is 10.3. The monoisotopic (exact) mass is 356 g/mol. The number of halogens is 1. The maximum Gasteiger partial charge on any atom is 0.251 e. The first-order valence-corrected chi connectivity index (χ1v) is 7.84. The van der Waals surface area contributed by atoms with E-state index in [4.69, 9.17) is 5.11 Å². The molecule has 1 aromatic carbocycles. The molecule has 6 heteroatoms. The molecule has 1 rings (SSSR count). The van der Waals surface area contributed by atoms with E-state index in [9.17, 15) is 9.59 Å². The Labute approximate surface area is 133 Å². The molecule has 0 aliphatic carbocycles. The van der Waals surface area contributed by atoms with E-state index in [1.54, 1.807) is 24.3 Å². The number of rotatable bonds is 9. The molecule has 0 spiro atoms. The zero-order valence-electron chi connectivity index (χ0n) is 11.9. The van der Waals surface area contributed by atoms with Crippen molar-refractivity contribution < 1.29 is 14.7 Å². The quantitative estimate of drug-likeness (QED) is 0.590. The lowest BCUT2D eigenvalue weighted by molar-refractivity contribution is -0.120. The molecule has 0 aliphatic heterocycles. The number of aliphatic hydroxyl groups excluding tert-OH is 1. The van der Waals surface area contributed by atoms with E-state index in [2.05, 4.69) is 26.6 Å². The van der Waals surface area contributed by atoms with Crippen molar-refractivity contribution in [3.05, 3.63) is 34.3 Å². The molecular weight excluding hydrogens is 336 g/mol. The molecule has 21 heavy (non-hydrogen) atoms. The number of hydrogen-bond acceptors (Lipinski definition) is 3. The number of carbonyl (C=O) groups excluding carboxylic acids is 2. The minimum atomic E-state index is -0.263. The lowest BCUT2D eigenvalue weighted by Crippen LogP contribution is -2.37. The van der Waals surface area contributed by atoms with Crippen LogP contribution in [-0.2, 0) is 4.79 Å². The number of unbranched alkanes of at least 4 members (excludes halogenated alkanes) is 3. The zero-order chi connectivity index (χ0) is 15.5. The number of aliphatic hydroxyl groups is 1. The molecule has 0 bridgehead atoms. The molecule has 5 nitrogen and oxygen atoms in total. The number of nitrogens with one attached hydrogen (secondary N) is 2. The number of benzene rings is 1. The Morgan fingerprint density at radius 1 is 1.00 bits per heavy atom. The molecule has 0 heterocycles. The summed E-state index contributed by atoms with van der Waals surface area (Å²) in [5, 5.41) is 14.0. The lowest BCUT2D eigenvalue weighted by Gasteiger charge is -2.07. The highest BCUT2D eigenvalue weighted by atomic mass is 79.9. The molecule has 0 aliphatic rings. The van der Waals surface area contributed by atoms with Crippen molar-refractivity contribution in [3.63, 3.8) is 0 Å². The highest BCUT2D eigenvalue weighted by molar-refractivity contribution is 9.10. The van der Waals surface area contributed by atoms with Gasteiger partial charge in [0.15, 0.2) is 0 Å². The highest BCUT2D eigenvalue weighted by Crippen LogP contribution is 2.10. The van der Waals surface area contributed by atoms with E-state index >= 15 is 0 Å². The second-order valence-corrected chi connectivity index (χ2v) is 5.59. The molecular formula is C15H21BrN2O3. The van der Waals surface area contributed by atoms with Gasteiger partial charge in [-0.05, 0) is 37.1 Å². The van der Waals surface area contributed by atoms with Gasteiger partial charge in [0, 0.05) is 23.2 Å². The Kier molecular flexibility index (Phi) is 8.69. The standard InChI is InChI=1S/C15H21BrN2O3/c16-13-7-5-12(6-8-13)15(21)18-11-14(20)17-9-3-1-2-4-10-19/h5-8,19H,1-4,9-11H2,(H,17,20)(H,18,21). The molecule has 0 atom stereocenters. The van der Waals surface area contributed by atoms with Crippen molar-refractivity contribution in [2.24, 2.45) is 0 Å². The molecule has 0 saturated carbocycles. The van der Waals surface area contributed by atoms with Gasteiger partial charge >= 0.3 is 0 Å². The van der Waals surface area contributed by atoms with Gasteiger partial charge in [-0.1, -0.05) is 28.8 Å². The number of carbonyl (C=O) groups is 2. The van der Waals surface area contributed by atoms with Gasteiger partial charge in [0.2, 0.25) is 5.91 Å². The Hall–Kier alpha value is -1.40. The first-order valence-electron chi connectivity index (χ1n) is 7.05. The smallest absolute Gasteiger partial charge is 0.251 e. The third kappa shape index (κ3) is 7.82. The van der Waals surface area contributed by atoms with Crippen LogP contribution < -0.4 is 10.6 Å². The van der Waals surface area contributed by atoms with Crippen molar-refractivity contribution in [2.45, 2.75) is 25.7 Å². The summed E-state index contributed by atoms with van der Waals surface area (Å²) in [6, 6.07) is 6.94. The minimum absolute atomic E-state index is 0.0223. The molecule has 0 radical (unpaired) electrons. The fourth-order valence-electron chi connectivity index (χ4n) is 1.74. The van der Waals surface area contributed by atoms with E-state index in [1.807, 2.05) is 0 Å². The van der Waals surface area contributed by atoms with Crippen molar-refractivity contribution in [1.29, 1.82) is 0 Å². The number of amides is 2. The van der Waals surface area contributed by atoms with Crippen molar-refractivity contribution >= 4 is 27.7 Å². The van der Waals surface area contributed by atoms with E-state index in [1.165, 1.54) is 0 Å². The minimum Gasteiger partial charge on any atom is -0.396 e. The van der Waals surface area contributed by atoms with Crippen LogP contribution in [0.15, 0.2) is 28.7 Å². The van der Waals surface area contributed by atoms with Crippen molar-refractivity contribution in [3.8, 4) is 0 Å². The van der Waals surface area contributed by atoms with Crippen LogP contribution >= 0.6 is 15.9 Å². The molecule has 0 fully saturated rings. The van der Waals surface area contributed by atoms with Crippen LogP contribution in [0.3, 0.4) is 0 Å². The van der Waals surface area contributed by atoms with E-state index in [0.29, 0.717) is 12.1 Å². The zero-order valence-corrected chi connectivity index (χ0v) is 13.5. The van der Waals surface area contributed by atoms with Gasteiger partial charge in [-0.15, -0.1) is 0 Å². The molecule has 0 aromatic heterocycles. The van der Waals surface area contributed by atoms with Crippen molar-refractivity contribution in [2.75, 3.05) is 19.7 Å². The molecule has 1 aromatic rings. The molecule has 2 amide bonds. The summed E-state index contributed by atoms with van der Waals surface area (Å²) in [4.78, 5) is 23.3. The van der Waals surface area contributed by atoms with Gasteiger partial charge in [-0.3, -0.25) is 9.59 Å². The van der Waals surface area contributed by atoms with E-state index in [0.717, 1.165) is 30.2 Å². The van der Waals surface area contributed by atoms with Crippen molar-refractivity contribution in [1.82, 2.24) is 10.6 Å². The van der Waals surface area contributed by atoms with Gasteiger partial charge in [-0.25, -0.2) is 0 Å². The largest absolute Gasteiger partial charge is 0.396 e. The lowest BCUT2D eigenvalue weighted by atomic mass is 10.2. The SMILES string of the molecule is O=C(CNC(=O)c1ccc(Br)cc1)NCCCCCCO. The van der Waals surface area contributed by atoms with Crippen LogP contribution in [0.5, 0.6) is 0 Å². The first-order chi connectivity index (χ1) is 10.1. The van der Waals surface area contributed by atoms with Crippen LogP contribution in [0.25, 0.3) is 0 Å². The average molecular weight is 357 g/mol. The second-order valence-electron chi connectivity index (χ2n) is 4.68. The van der Waals surface area contributed by atoms with Crippen LogP contribution in [0, 0.1) is 0 Å². The fraction of sp³-hybridized carbons (Fsp3) is 0.467. The summed E-state index contributed by atoms with van der Waals surface area (Å²) in [6.45, 7) is 0.790. The summed E-state index contributed by atoms with van der Waals surface area (Å²) < 4.78 is 0.901. The van der Waals surface area contributed by atoms with E-state index < -0.39 is 0 Å². The maximum atomic E-state index is 11.8. The summed E-state index contributed by atoms with van der Waals surface area (Å²) >= 11 is 3.30. The summed E-state index contributed by atoms with van der Waals surface area (Å²) in [5.74, 6) is -0.455. The third-order valence-corrected chi connectivity index (χ3v) is 3.45. The number of hydrogen-bond donors (Lipinski definition) is 3. The summed E-state index contributed by atoms with van der Waals surface area (Å²) in [5.41, 5.74) is 0.523. The Morgan fingerprint density at radius 2 is 1.67 bits per heavy atom. The van der Waals surface area contributed by atoms with Gasteiger partial charge in [0.25, 0.3) is 5.91 Å². The van der Waals surface area contributed by atoms with Gasteiger partial charge in [0.1, 0.15) is 0 Å². The average Bonchev–Trinajstić information content (AvgIpc) is 2.49. The van der Waals surface area contributed by atoms with E-state index in [-0.39, 0.29) is 25.0 Å². The molecule has 0 saturated heterocycles. The normalized spacial score (nSPS) is 10.2. The van der Waals surface area contributed by atoms with Gasteiger partial charge in [0.05, 0.1) is 6.54 Å². The van der Waals surface area contributed by atoms with Crippen LogP contribution in [-0.4, -0.2) is 36.6 Å². The van der Waals surface area contributed by atoms with Gasteiger partial charge in [-0.2, -0.15) is 0 Å². The molecule has 3 N–H and O–H groups in total. The summed E-state index contributed by atoms with van der Waals surface area (Å²) in [6.07, 6.45) is 3.63. The Balaban J connectivity index is 2.15. The molecule has 0 unspecified atom stereocenters. The Bertz CT molecular complexity index is 449. The van der Waals surface area contributed by atoms with Crippen LogP contribution in [0.4, 0.5) is 0 Å². The predicted molar refractivity (Wildman–Crippen MR) is 85.0 cm³/mol.